The van der Waals surface area contributed by atoms with Crippen LogP contribution in [0.1, 0.15) is 77.6 Å². The molecule has 4 aliphatic carbocycles. The van der Waals surface area contributed by atoms with Gasteiger partial charge in [0.15, 0.2) is 11.7 Å². The van der Waals surface area contributed by atoms with Gasteiger partial charge in [-0.05, 0) is 98.4 Å². The number of hydrogen-bond acceptors (Lipinski definition) is 8. The predicted molar refractivity (Wildman–Crippen MR) is 148 cm³/mol. The van der Waals surface area contributed by atoms with E-state index in [0.717, 1.165) is 87.8 Å². The quantitative estimate of drug-likeness (QED) is 0.404. The number of hydrogen-bond donors (Lipinski definition) is 4. The van der Waals surface area contributed by atoms with Crippen molar-refractivity contribution in [1.29, 1.82) is 0 Å². The molecule has 8 heteroatoms. The Kier molecular flexibility index (Phi) is 6.53. The summed E-state index contributed by atoms with van der Waals surface area (Å²) in [5.41, 5.74) is 8.65. The molecule has 6 aliphatic rings. The van der Waals surface area contributed by atoms with Gasteiger partial charge in [0.05, 0.1) is 5.54 Å². The summed E-state index contributed by atoms with van der Waals surface area (Å²) >= 11 is 0. The standard InChI is InChI=1S/C28H43N3O3S2/c1-25-10-13-35-36-17-27(9-11-30-24(29)31-27)7-2-4-19-21(34)15-28(25)22(5-3-12-32)26(16-33)8-6-18(23(19)28)20(25)14-26/h18,20,22,32-33H,2-17H2,1H3,(H3,29,30,31). The van der Waals surface area contributed by atoms with Crippen molar-refractivity contribution in [3.63, 3.8) is 0 Å². The lowest BCUT2D eigenvalue weighted by molar-refractivity contribution is -0.161. The van der Waals surface area contributed by atoms with Crippen molar-refractivity contribution in [3.8, 4) is 0 Å². The van der Waals surface area contributed by atoms with Crippen LogP contribution in [0.25, 0.3) is 0 Å². The van der Waals surface area contributed by atoms with Crippen LogP contribution in [0.2, 0.25) is 0 Å². The summed E-state index contributed by atoms with van der Waals surface area (Å²) in [7, 11) is 3.97. The first-order chi connectivity index (χ1) is 17.3. The van der Waals surface area contributed by atoms with Crippen LogP contribution in [0, 0.1) is 34.0 Å². The van der Waals surface area contributed by atoms with Crippen LogP contribution < -0.4 is 11.1 Å². The number of guanidine groups is 1. The third-order valence-electron chi connectivity index (χ3n) is 11.6. The van der Waals surface area contributed by atoms with E-state index in [1.807, 2.05) is 21.6 Å². The van der Waals surface area contributed by atoms with Crippen LogP contribution in [0.4, 0.5) is 0 Å². The lowest BCUT2D eigenvalue weighted by Gasteiger charge is -2.62. The first-order valence-corrected chi connectivity index (χ1v) is 16.6. The third kappa shape index (κ3) is 3.45. The number of aliphatic imine (C=N–C) groups is 1. The van der Waals surface area contributed by atoms with E-state index in [9.17, 15) is 15.0 Å². The highest BCUT2D eigenvalue weighted by Gasteiger charge is 2.77. The summed E-state index contributed by atoms with van der Waals surface area (Å²) in [6.45, 7) is 3.70. The van der Waals surface area contributed by atoms with Crippen molar-refractivity contribution in [2.24, 2.45) is 44.7 Å². The molecule has 6 rings (SSSR count). The summed E-state index contributed by atoms with van der Waals surface area (Å²) in [4.78, 5) is 18.3. The minimum absolute atomic E-state index is 0.0377. The number of allylic oxidation sites excluding steroid dienone is 2. The van der Waals surface area contributed by atoms with Gasteiger partial charge < -0.3 is 21.3 Å². The molecule has 6 nitrogen and oxygen atoms in total. The molecule has 5 N–H and O–H groups in total. The summed E-state index contributed by atoms with van der Waals surface area (Å²) < 4.78 is 0. The molecule has 0 amide bonds. The molecule has 0 aromatic carbocycles. The van der Waals surface area contributed by atoms with Crippen LogP contribution in [0.15, 0.2) is 16.1 Å². The first kappa shape index (κ1) is 25.6. The van der Waals surface area contributed by atoms with Crippen LogP contribution in [-0.2, 0) is 4.79 Å². The summed E-state index contributed by atoms with van der Waals surface area (Å²) in [5, 5.41) is 24.2. The minimum Gasteiger partial charge on any atom is -0.396 e. The second-order valence-electron chi connectivity index (χ2n) is 12.9. The molecule has 36 heavy (non-hydrogen) atoms. The summed E-state index contributed by atoms with van der Waals surface area (Å²) in [6, 6.07) is 0. The largest absolute Gasteiger partial charge is 0.396 e. The predicted octanol–water partition coefficient (Wildman–Crippen LogP) is 4.06. The van der Waals surface area contributed by atoms with Gasteiger partial charge in [0.1, 0.15) is 0 Å². The van der Waals surface area contributed by atoms with Crippen LogP contribution in [0.3, 0.4) is 0 Å². The molecule has 7 atom stereocenters. The van der Waals surface area contributed by atoms with Crippen molar-refractivity contribution in [2.75, 3.05) is 31.3 Å². The van der Waals surface area contributed by atoms with E-state index in [1.54, 1.807) is 0 Å². The van der Waals surface area contributed by atoms with Crippen molar-refractivity contribution in [2.45, 2.75) is 83.1 Å². The van der Waals surface area contributed by atoms with E-state index in [-0.39, 0.29) is 40.9 Å². The smallest absolute Gasteiger partial charge is 0.189 e. The molecule has 3 saturated carbocycles. The van der Waals surface area contributed by atoms with E-state index >= 15 is 0 Å². The van der Waals surface area contributed by atoms with Crippen molar-refractivity contribution < 1.29 is 15.0 Å². The second kappa shape index (κ2) is 9.20. The Morgan fingerprint density at radius 3 is 2.83 bits per heavy atom. The Morgan fingerprint density at radius 2 is 2.06 bits per heavy atom. The van der Waals surface area contributed by atoms with Gasteiger partial charge in [-0.2, -0.15) is 0 Å². The summed E-state index contributed by atoms with van der Waals surface area (Å²) in [6.07, 6.45) is 10.6. The number of aliphatic hydroxyl groups is 2. The monoisotopic (exact) mass is 533 g/mol. The van der Waals surface area contributed by atoms with Gasteiger partial charge in [-0.15, -0.1) is 0 Å². The molecule has 3 fully saturated rings. The second-order valence-corrected chi connectivity index (χ2v) is 15.5. The Labute approximate surface area is 223 Å². The summed E-state index contributed by atoms with van der Waals surface area (Å²) in [5.74, 6) is 4.40. The number of carbonyl (C=O) groups is 1. The van der Waals surface area contributed by atoms with E-state index in [4.69, 9.17) is 5.73 Å². The average molecular weight is 534 g/mol. The topological polar surface area (TPSA) is 108 Å². The Balaban J connectivity index is 1.43. The number of fused-ring (bicyclic) bond motifs is 1. The fourth-order valence-corrected chi connectivity index (χ4v) is 13.0. The minimum atomic E-state index is -0.126. The molecule has 200 valence electrons. The number of nitrogens with one attached hydrogen (secondary N) is 1. The Morgan fingerprint density at radius 1 is 1.19 bits per heavy atom. The molecule has 6 bridgehead atoms. The van der Waals surface area contributed by atoms with Crippen molar-refractivity contribution in [3.05, 3.63) is 11.1 Å². The number of aliphatic hydroxyl groups excluding tert-OH is 2. The highest BCUT2D eigenvalue weighted by atomic mass is 33.1. The maximum Gasteiger partial charge on any atom is 0.189 e. The maximum absolute atomic E-state index is 13.9. The number of nitrogens with zero attached hydrogens (tertiary/aromatic N) is 1. The lowest BCUT2D eigenvalue weighted by atomic mass is 9.41. The maximum atomic E-state index is 13.9. The molecule has 0 radical (unpaired) electrons. The molecular weight excluding hydrogens is 490 g/mol. The highest BCUT2D eigenvalue weighted by molar-refractivity contribution is 8.76. The fraction of sp³-hybridized carbons (Fsp3) is 0.857. The number of ketones is 1. The Hall–Kier alpha value is -0.700. The zero-order valence-electron chi connectivity index (χ0n) is 21.7. The van der Waals surface area contributed by atoms with Crippen LogP contribution in [0.5, 0.6) is 0 Å². The molecule has 0 saturated heterocycles. The van der Waals surface area contributed by atoms with Gasteiger partial charge in [-0.3, -0.25) is 9.79 Å². The van der Waals surface area contributed by atoms with E-state index in [1.165, 1.54) is 5.57 Å². The molecule has 2 heterocycles. The van der Waals surface area contributed by atoms with Crippen molar-refractivity contribution in [1.82, 2.24) is 5.32 Å². The van der Waals surface area contributed by atoms with Crippen LogP contribution >= 0.6 is 21.6 Å². The van der Waals surface area contributed by atoms with E-state index < -0.39 is 0 Å². The Bertz CT molecular complexity index is 987. The van der Waals surface area contributed by atoms with Gasteiger partial charge in [0.2, 0.25) is 0 Å². The molecule has 0 aromatic heterocycles. The van der Waals surface area contributed by atoms with E-state index in [2.05, 4.69) is 17.2 Å². The van der Waals surface area contributed by atoms with E-state index in [0.29, 0.717) is 30.0 Å². The van der Waals surface area contributed by atoms with Crippen molar-refractivity contribution >= 4 is 33.3 Å². The van der Waals surface area contributed by atoms with Gasteiger partial charge in [-0.25, -0.2) is 0 Å². The number of rotatable bonds is 4. The third-order valence-corrected chi connectivity index (χ3v) is 14.2. The normalized spacial score (nSPS) is 46.2. The lowest BCUT2D eigenvalue weighted by Crippen LogP contribution is -2.58. The molecule has 7 unspecified atom stereocenters. The average Bonchev–Trinajstić information content (AvgIpc) is 3.16. The SMILES string of the molecule is CC12CCSSCC3(CCCC4=C5C6CCC(CO)(CC61)C(CCCO)C52CC4=O)CCN=C(N)N3. The van der Waals surface area contributed by atoms with Crippen LogP contribution in [-0.4, -0.2) is 58.8 Å². The molecule has 2 aliphatic heterocycles. The first-order valence-electron chi connectivity index (χ1n) is 14.2. The van der Waals surface area contributed by atoms with Gasteiger partial charge in [0, 0.05) is 43.1 Å². The molecule has 2 spiro atoms. The fourth-order valence-electron chi connectivity index (χ4n) is 10.1. The molecular formula is C28H43N3O3S2. The molecule has 0 aromatic rings. The van der Waals surface area contributed by atoms with Gasteiger partial charge >= 0.3 is 0 Å². The zero-order valence-corrected chi connectivity index (χ0v) is 23.3. The number of carbonyl (C=O) groups excluding carboxylic acids is 1. The number of nitrogens with two attached hydrogens (primary N) is 1. The van der Waals surface area contributed by atoms with Gasteiger partial charge in [-0.1, -0.05) is 34.1 Å². The zero-order chi connectivity index (χ0) is 25.2. The van der Waals surface area contributed by atoms with Gasteiger partial charge in [0.25, 0.3) is 0 Å². The number of Topliss-reactive ketones (excluding diaryl/α,β-unsaturated/α-hetero) is 1. The highest BCUT2D eigenvalue weighted by Crippen LogP contribution is 2.82.